The summed E-state index contributed by atoms with van der Waals surface area (Å²) in [6, 6.07) is 0. The summed E-state index contributed by atoms with van der Waals surface area (Å²) >= 11 is 0. The van der Waals surface area contributed by atoms with Crippen molar-refractivity contribution in [1.82, 2.24) is 0 Å². The molecule has 0 fully saturated rings. The molecule has 0 aliphatic carbocycles. The van der Waals surface area contributed by atoms with E-state index >= 15 is 0 Å². The number of aliphatic hydroxyl groups is 1. The zero-order chi connectivity index (χ0) is 8.91. The third-order valence-electron chi connectivity index (χ3n) is 1.37. The predicted octanol–water partition coefficient (Wildman–Crippen LogP) is 1.78. The fourth-order valence-corrected chi connectivity index (χ4v) is 0.438. The molecule has 68 valence electrons. The molecule has 1 atom stereocenters. The number of alkyl halides is 2. The van der Waals surface area contributed by atoms with Crippen LogP contribution in [0, 0.1) is 0 Å². The monoisotopic (exact) mass is 168 g/mol. The number of ether oxygens (including phenoxy) is 1. The first-order valence-electron chi connectivity index (χ1n) is 3.71. The highest BCUT2D eigenvalue weighted by atomic mass is 19.3. The molecule has 1 unspecified atom stereocenters. The van der Waals surface area contributed by atoms with Crippen molar-refractivity contribution >= 4 is 0 Å². The summed E-state index contributed by atoms with van der Waals surface area (Å²) in [7, 11) is 0. The molecule has 0 heterocycles. The van der Waals surface area contributed by atoms with Crippen molar-refractivity contribution in [2.75, 3.05) is 6.61 Å². The number of hydrogen-bond acceptors (Lipinski definition) is 2. The lowest BCUT2D eigenvalue weighted by Gasteiger charge is -2.16. The summed E-state index contributed by atoms with van der Waals surface area (Å²) in [5.41, 5.74) is 0. The van der Waals surface area contributed by atoms with Crippen molar-refractivity contribution in [2.45, 2.75) is 38.9 Å². The molecule has 0 saturated heterocycles. The van der Waals surface area contributed by atoms with Gasteiger partial charge in [-0.2, -0.15) is 8.78 Å². The Morgan fingerprint density at radius 3 is 2.36 bits per heavy atom. The number of hydrogen-bond donors (Lipinski definition) is 1. The van der Waals surface area contributed by atoms with E-state index in [1.165, 1.54) is 6.92 Å². The molecular weight excluding hydrogens is 154 g/mol. The molecule has 0 aliphatic heterocycles. The summed E-state index contributed by atoms with van der Waals surface area (Å²) in [5, 5.41) is 8.86. The van der Waals surface area contributed by atoms with E-state index in [9.17, 15) is 8.78 Å². The van der Waals surface area contributed by atoms with Crippen LogP contribution in [-0.4, -0.2) is 23.9 Å². The number of halogens is 2. The Labute approximate surface area is 65.2 Å². The average Bonchev–Trinajstić information content (AvgIpc) is 2.00. The zero-order valence-electron chi connectivity index (χ0n) is 6.81. The molecule has 0 aromatic heterocycles. The van der Waals surface area contributed by atoms with Crippen LogP contribution in [0.3, 0.4) is 0 Å². The molecule has 0 saturated carbocycles. The largest absolute Gasteiger partial charge is 0.391 e. The lowest BCUT2D eigenvalue weighted by atomic mass is 10.3. The molecule has 0 aromatic rings. The minimum absolute atomic E-state index is 0.294. The van der Waals surface area contributed by atoms with Gasteiger partial charge in [0.1, 0.15) is 0 Å². The topological polar surface area (TPSA) is 29.5 Å². The van der Waals surface area contributed by atoms with Crippen LogP contribution in [0.5, 0.6) is 0 Å². The van der Waals surface area contributed by atoms with Crippen LogP contribution in [0.2, 0.25) is 0 Å². The van der Waals surface area contributed by atoms with Gasteiger partial charge in [-0.3, -0.25) is 0 Å². The van der Waals surface area contributed by atoms with E-state index in [0.29, 0.717) is 6.42 Å². The van der Waals surface area contributed by atoms with Gasteiger partial charge in [0.2, 0.25) is 0 Å². The lowest BCUT2D eigenvalue weighted by molar-refractivity contribution is -0.249. The van der Waals surface area contributed by atoms with Gasteiger partial charge < -0.3 is 9.84 Å². The maximum Gasteiger partial charge on any atom is 0.355 e. The smallest absolute Gasteiger partial charge is 0.355 e. The van der Waals surface area contributed by atoms with E-state index in [0.717, 1.165) is 0 Å². The Balaban J connectivity index is 3.52. The van der Waals surface area contributed by atoms with Gasteiger partial charge in [-0.05, 0) is 6.42 Å². The molecule has 0 spiro atoms. The summed E-state index contributed by atoms with van der Waals surface area (Å²) in [4.78, 5) is 0. The third kappa shape index (κ3) is 5.09. The van der Waals surface area contributed by atoms with E-state index in [1.807, 2.05) is 0 Å². The molecular formula is C7H14F2O2. The SMILES string of the molecule is CCC(O)COC(F)(F)CC. The predicted molar refractivity (Wildman–Crippen MR) is 37.5 cm³/mol. The van der Waals surface area contributed by atoms with Gasteiger partial charge in [0.05, 0.1) is 12.7 Å². The van der Waals surface area contributed by atoms with Gasteiger partial charge in [0, 0.05) is 6.42 Å². The van der Waals surface area contributed by atoms with Crippen molar-refractivity contribution in [2.24, 2.45) is 0 Å². The first-order chi connectivity index (χ1) is 5.02. The molecule has 0 radical (unpaired) electrons. The normalized spacial score (nSPS) is 15.0. The second-order valence-corrected chi connectivity index (χ2v) is 2.36. The maximum atomic E-state index is 12.3. The zero-order valence-corrected chi connectivity index (χ0v) is 6.81. The summed E-state index contributed by atoms with van der Waals surface area (Å²) in [5.74, 6) is 0. The second kappa shape index (κ2) is 4.62. The fourth-order valence-electron chi connectivity index (χ4n) is 0.438. The Kier molecular flexibility index (Phi) is 4.52. The Bertz CT molecular complexity index is 107. The van der Waals surface area contributed by atoms with Gasteiger partial charge >= 0.3 is 6.11 Å². The Morgan fingerprint density at radius 2 is 2.00 bits per heavy atom. The minimum Gasteiger partial charge on any atom is -0.391 e. The van der Waals surface area contributed by atoms with Crippen molar-refractivity contribution < 1.29 is 18.6 Å². The Morgan fingerprint density at radius 1 is 1.45 bits per heavy atom. The van der Waals surface area contributed by atoms with Gasteiger partial charge in [-0.1, -0.05) is 13.8 Å². The van der Waals surface area contributed by atoms with Crippen LogP contribution >= 0.6 is 0 Å². The standard InChI is InChI=1S/C7H14F2O2/c1-3-6(10)5-11-7(8,9)4-2/h6,10H,3-5H2,1-2H3. The highest BCUT2D eigenvalue weighted by molar-refractivity contribution is 4.53. The molecule has 0 aliphatic rings. The first kappa shape index (κ1) is 10.8. The summed E-state index contributed by atoms with van der Waals surface area (Å²) < 4.78 is 28.8. The summed E-state index contributed by atoms with van der Waals surface area (Å²) in [6.07, 6.45) is -3.80. The van der Waals surface area contributed by atoms with E-state index in [1.54, 1.807) is 6.92 Å². The van der Waals surface area contributed by atoms with Crippen LogP contribution in [0.25, 0.3) is 0 Å². The second-order valence-electron chi connectivity index (χ2n) is 2.36. The van der Waals surface area contributed by atoms with Crippen molar-refractivity contribution in [1.29, 1.82) is 0 Å². The van der Waals surface area contributed by atoms with Gasteiger partial charge in [0.15, 0.2) is 0 Å². The van der Waals surface area contributed by atoms with E-state index in [2.05, 4.69) is 4.74 Å². The molecule has 0 bridgehead atoms. The fraction of sp³-hybridized carbons (Fsp3) is 1.00. The van der Waals surface area contributed by atoms with Crippen LogP contribution in [0.15, 0.2) is 0 Å². The van der Waals surface area contributed by atoms with E-state index < -0.39 is 12.2 Å². The highest BCUT2D eigenvalue weighted by Gasteiger charge is 2.27. The lowest BCUT2D eigenvalue weighted by Crippen LogP contribution is -2.25. The molecule has 2 nitrogen and oxygen atoms in total. The van der Waals surface area contributed by atoms with Crippen LogP contribution in [-0.2, 0) is 4.74 Å². The van der Waals surface area contributed by atoms with E-state index in [-0.39, 0.29) is 13.0 Å². The van der Waals surface area contributed by atoms with Crippen molar-refractivity contribution in [3.63, 3.8) is 0 Å². The van der Waals surface area contributed by atoms with Crippen LogP contribution in [0.4, 0.5) is 8.78 Å². The van der Waals surface area contributed by atoms with Gasteiger partial charge in [-0.25, -0.2) is 0 Å². The minimum atomic E-state index is -3.09. The van der Waals surface area contributed by atoms with Crippen molar-refractivity contribution in [3.8, 4) is 0 Å². The van der Waals surface area contributed by atoms with Gasteiger partial charge in [-0.15, -0.1) is 0 Å². The quantitative estimate of drug-likeness (QED) is 0.678. The first-order valence-corrected chi connectivity index (χ1v) is 3.71. The van der Waals surface area contributed by atoms with Crippen molar-refractivity contribution in [3.05, 3.63) is 0 Å². The Hall–Kier alpha value is -0.220. The number of rotatable bonds is 5. The van der Waals surface area contributed by atoms with Crippen LogP contribution < -0.4 is 0 Å². The van der Waals surface area contributed by atoms with Gasteiger partial charge in [0.25, 0.3) is 0 Å². The summed E-state index contributed by atoms with van der Waals surface area (Å²) in [6.45, 7) is 2.74. The molecule has 0 rings (SSSR count). The molecule has 11 heavy (non-hydrogen) atoms. The number of aliphatic hydroxyl groups excluding tert-OH is 1. The van der Waals surface area contributed by atoms with E-state index in [4.69, 9.17) is 5.11 Å². The molecule has 0 amide bonds. The maximum absolute atomic E-state index is 12.3. The molecule has 1 N–H and O–H groups in total. The average molecular weight is 168 g/mol. The highest BCUT2D eigenvalue weighted by Crippen LogP contribution is 2.19. The third-order valence-corrected chi connectivity index (χ3v) is 1.37. The molecule has 4 heteroatoms. The van der Waals surface area contributed by atoms with Crippen LogP contribution in [0.1, 0.15) is 26.7 Å². The molecule has 0 aromatic carbocycles.